The van der Waals surface area contributed by atoms with Gasteiger partial charge in [0.05, 0.1) is 30.3 Å². The number of amides is 1. The van der Waals surface area contributed by atoms with Gasteiger partial charge in [-0.1, -0.05) is 12.1 Å². The van der Waals surface area contributed by atoms with Crippen LogP contribution < -0.4 is 15.0 Å². The van der Waals surface area contributed by atoms with E-state index < -0.39 is 10.7 Å². The van der Waals surface area contributed by atoms with Crippen molar-refractivity contribution in [3.8, 4) is 5.75 Å². The molecule has 0 fully saturated rings. The number of ether oxygens (including phenoxy) is 1. The number of nitrogens with zero attached hydrogens (tertiary/aromatic N) is 2. The highest BCUT2D eigenvalue weighted by molar-refractivity contribution is 5.95. The lowest BCUT2D eigenvalue weighted by molar-refractivity contribution is -0.384. The third kappa shape index (κ3) is 4.43. The van der Waals surface area contributed by atoms with Crippen LogP contribution in [0.25, 0.3) is 0 Å². The van der Waals surface area contributed by atoms with Crippen molar-refractivity contribution in [1.29, 1.82) is 0 Å². The van der Waals surface area contributed by atoms with Gasteiger partial charge in [-0.25, -0.2) is 4.39 Å². The van der Waals surface area contributed by atoms with E-state index in [1.807, 2.05) is 0 Å². The summed E-state index contributed by atoms with van der Waals surface area (Å²) in [5.41, 5.74) is 0.302. The summed E-state index contributed by atoms with van der Waals surface area (Å²) < 4.78 is 18.5. The van der Waals surface area contributed by atoms with Gasteiger partial charge in [0.25, 0.3) is 5.69 Å². The lowest BCUT2D eigenvalue weighted by atomic mass is 10.2. The molecular formula is C17H18FN3O4. The molecule has 0 unspecified atom stereocenters. The summed E-state index contributed by atoms with van der Waals surface area (Å²) in [4.78, 5) is 24.3. The van der Waals surface area contributed by atoms with Gasteiger partial charge in [-0.2, -0.15) is 0 Å². The maximum Gasteiger partial charge on any atom is 0.295 e. The van der Waals surface area contributed by atoms with Gasteiger partial charge in [-0.05, 0) is 31.2 Å². The second kappa shape index (κ2) is 8.09. The molecule has 0 aliphatic heterocycles. The molecule has 1 amide bonds. The fraction of sp³-hybridized carbons (Fsp3) is 0.235. The fourth-order valence-corrected chi connectivity index (χ4v) is 2.39. The summed E-state index contributed by atoms with van der Waals surface area (Å²) in [6, 6.07) is 10.2. The number of hydrogen-bond acceptors (Lipinski definition) is 5. The van der Waals surface area contributed by atoms with Gasteiger partial charge >= 0.3 is 0 Å². The standard InChI is InChI=1S/C17H18FN3O4/c1-3-20(14-9-8-12(18)10-15(14)21(23)24)11-17(22)19-13-6-4-5-7-16(13)25-2/h4-10H,3,11H2,1-2H3,(H,19,22). The summed E-state index contributed by atoms with van der Waals surface area (Å²) >= 11 is 0. The van der Waals surface area contributed by atoms with Crippen molar-refractivity contribution in [2.24, 2.45) is 0 Å². The molecule has 2 aromatic carbocycles. The molecule has 25 heavy (non-hydrogen) atoms. The van der Waals surface area contributed by atoms with Crippen LogP contribution in [0.3, 0.4) is 0 Å². The molecule has 132 valence electrons. The highest BCUT2D eigenvalue weighted by atomic mass is 19.1. The zero-order valence-corrected chi connectivity index (χ0v) is 13.9. The molecule has 0 atom stereocenters. The van der Waals surface area contributed by atoms with E-state index in [0.29, 0.717) is 18.0 Å². The minimum Gasteiger partial charge on any atom is -0.495 e. The minimum atomic E-state index is -0.704. The molecule has 0 spiro atoms. The van der Waals surface area contributed by atoms with Crippen molar-refractivity contribution in [3.05, 3.63) is 58.4 Å². The number of carbonyl (C=O) groups excluding carboxylic acids is 1. The molecule has 2 rings (SSSR count). The Morgan fingerprint density at radius 2 is 2.04 bits per heavy atom. The number of methoxy groups -OCH3 is 1. The van der Waals surface area contributed by atoms with E-state index in [4.69, 9.17) is 4.74 Å². The van der Waals surface area contributed by atoms with E-state index in [1.165, 1.54) is 18.1 Å². The van der Waals surface area contributed by atoms with Crippen LogP contribution in [0.2, 0.25) is 0 Å². The van der Waals surface area contributed by atoms with Crippen LogP contribution >= 0.6 is 0 Å². The van der Waals surface area contributed by atoms with Crippen molar-refractivity contribution >= 4 is 23.0 Å². The Morgan fingerprint density at radius 1 is 1.32 bits per heavy atom. The average Bonchev–Trinajstić information content (AvgIpc) is 2.60. The summed E-state index contributed by atoms with van der Waals surface area (Å²) in [7, 11) is 1.49. The van der Waals surface area contributed by atoms with Crippen molar-refractivity contribution < 1.29 is 18.8 Å². The van der Waals surface area contributed by atoms with Gasteiger partial charge in [0.1, 0.15) is 17.3 Å². The molecule has 0 bridgehead atoms. The largest absolute Gasteiger partial charge is 0.495 e. The number of nitro groups is 1. The molecule has 0 heterocycles. The van der Waals surface area contributed by atoms with Crippen molar-refractivity contribution in [1.82, 2.24) is 0 Å². The highest BCUT2D eigenvalue weighted by Gasteiger charge is 2.21. The number of anilines is 2. The quantitative estimate of drug-likeness (QED) is 0.614. The van der Waals surface area contributed by atoms with Crippen molar-refractivity contribution in [2.45, 2.75) is 6.92 Å². The molecule has 2 aromatic rings. The smallest absolute Gasteiger partial charge is 0.295 e. The lowest BCUT2D eigenvalue weighted by Crippen LogP contribution is -2.33. The first-order chi connectivity index (χ1) is 12.0. The van der Waals surface area contributed by atoms with Crippen LogP contribution in [-0.2, 0) is 4.79 Å². The highest BCUT2D eigenvalue weighted by Crippen LogP contribution is 2.29. The molecule has 7 nitrogen and oxygen atoms in total. The van der Waals surface area contributed by atoms with E-state index in [2.05, 4.69) is 5.32 Å². The first-order valence-electron chi connectivity index (χ1n) is 7.58. The second-order valence-corrected chi connectivity index (χ2v) is 5.15. The van der Waals surface area contributed by atoms with Gasteiger partial charge in [0.2, 0.25) is 5.91 Å². The molecule has 0 saturated carbocycles. The zero-order valence-electron chi connectivity index (χ0n) is 13.9. The van der Waals surface area contributed by atoms with Gasteiger partial charge < -0.3 is 15.0 Å². The summed E-state index contributed by atoms with van der Waals surface area (Å²) in [6.45, 7) is 1.97. The van der Waals surface area contributed by atoms with Crippen LogP contribution in [0.15, 0.2) is 42.5 Å². The van der Waals surface area contributed by atoms with Crippen LogP contribution in [-0.4, -0.2) is 31.0 Å². The number of carbonyl (C=O) groups is 1. The van der Waals surface area contributed by atoms with Crippen LogP contribution in [0.1, 0.15) is 6.92 Å². The molecule has 0 aliphatic rings. The third-order valence-corrected chi connectivity index (χ3v) is 3.57. The average molecular weight is 347 g/mol. The van der Waals surface area contributed by atoms with E-state index in [-0.39, 0.29) is 23.8 Å². The van der Waals surface area contributed by atoms with Crippen LogP contribution in [0, 0.1) is 15.9 Å². The van der Waals surface area contributed by atoms with Crippen LogP contribution in [0.4, 0.5) is 21.5 Å². The Labute approximate surface area is 144 Å². The van der Waals surface area contributed by atoms with Crippen LogP contribution in [0.5, 0.6) is 5.75 Å². The molecule has 0 aliphatic carbocycles. The first kappa shape index (κ1) is 18.2. The Bertz CT molecular complexity index is 782. The number of nitrogens with one attached hydrogen (secondary N) is 1. The van der Waals surface area contributed by atoms with E-state index >= 15 is 0 Å². The number of halogens is 1. The summed E-state index contributed by atoms with van der Waals surface area (Å²) in [6.07, 6.45) is 0. The summed E-state index contributed by atoms with van der Waals surface area (Å²) in [5, 5.41) is 13.9. The predicted molar refractivity (Wildman–Crippen MR) is 92.6 cm³/mol. The van der Waals surface area contributed by atoms with E-state index in [1.54, 1.807) is 31.2 Å². The normalized spacial score (nSPS) is 10.2. The number of nitro benzene ring substituents is 1. The SMILES string of the molecule is CCN(CC(=O)Nc1ccccc1OC)c1ccc(F)cc1[N+](=O)[O-]. The lowest BCUT2D eigenvalue weighted by Gasteiger charge is -2.22. The molecule has 1 N–H and O–H groups in total. The zero-order chi connectivity index (χ0) is 18.4. The molecular weight excluding hydrogens is 329 g/mol. The van der Waals surface area contributed by atoms with Gasteiger partial charge in [-0.15, -0.1) is 0 Å². The topological polar surface area (TPSA) is 84.7 Å². The molecule has 0 radical (unpaired) electrons. The van der Waals surface area contributed by atoms with Crippen molar-refractivity contribution in [3.63, 3.8) is 0 Å². The monoisotopic (exact) mass is 347 g/mol. The Balaban J connectivity index is 2.20. The number of hydrogen-bond donors (Lipinski definition) is 1. The number of benzene rings is 2. The molecule has 8 heteroatoms. The number of likely N-dealkylation sites (N-methyl/N-ethyl adjacent to an activating group) is 1. The minimum absolute atomic E-state index is 0.124. The first-order valence-corrected chi connectivity index (χ1v) is 7.58. The maximum atomic E-state index is 13.3. The number of para-hydroxylation sites is 2. The number of rotatable bonds is 7. The molecule has 0 saturated heterocycles. The predicted octanol–water partition coefficient (Wildman–Crippen LogP) is 3.21. The third-order valence-electron chi connectivity index (χ3n) is 3.57. The Kier molecular flexibility index (Phi) is 5.89. The fourth-order valence-electron chi connectivity index (χ4n) is 2.39. The van der Waals surface area contributed by atoms with E-state index in [9.17, 15) is 19.3 Å². The van der Waals surface area contributed by atoms with Gasteiger partial charge in [-0.3, -0.25) is 14.9 Å². The van der Waals surface area contributed by atoms with Gasteiger partial charge in [0.15, 0.2) is 0 Å². The maximum absolute atomic E-state index is 13.3. The molecule has 0 aromatic heterocycles. The Hall–Kier alpha value is -3.16. The Morgan fingerprint density at radius 3 is 2.68 bits per heavy atom. The van der Waals surface area contributed by atoms with Crippen molar-refractivity contribution in [2.75, 3.05) is 30.4 Å². The van der Waals surface area contributed by atoms with Gasteiger partial charge in [0, 0.05) is 6.54 Å². The second-order valence-electron chi connectivity index (χ2n) is 5.15. The van der Waals surface area contributed by atoms with E-state index in [0.717, 1.165) is 12.1 Å². The summed E-state index contributed by atoms with van der Waals surface area (Å²) in [5.74, 6) is -0.568.